The van der Waals surface area contributed by atoms with Gasteiger partial charge in [-0.3, -0.25) is 4.79 Å². The van der Waals surface area contributed by atoms with Crippen molar-refractivity contribution in [2.24, 2.45) is 5.73 Å². The number of rotatable bonds is 4. The second-order valence-electron chi connectivity index (χ2n) is 3.85. The van der Waals surface area contributed by atoms with Gasteiger partial charge in [-0.15, -0.1) is 0 Å². The van der Waals surface area contributed by atoms with E-state index in [1.54, 1.807) is 33.2 Å². The van der Waals surface area contributed by atoms with Crippen LogP contribution in [0.4, 0.5) is 0 Å². The van der Waals surface area contributed by atoms with Crippen LogP contribution in [0.3, 0.4) is 0 Å². The van der Waals surface area contributed by atoms with Gasteiger partial charge in [0.05, 0.1) is 5.56 Å². The molecular formula is C12H16N2O2S. The Bertz CT molecular complexity index is 432. The van der Waals surface area contributed by atoms with Gasteiger partial charge in [-0.25, -0.2) is 0 Å². The van der Waals surface area contributed by atoms with Crippen LogP contribution in [0.25, 0.3) is 0 Å². The van der Waals surface area contributed by atoms with Crippen LogP contribution in [0.5, 0.6) is 5.75 Å². The average molecular weight is 252 g/mol. The van der Waals surface area contributed by atoms with Crippen molar-refractivity contribution >= 4 is 23.1 Å². The molecule has 0 aliphatic rings. The van der Waals surface area contributed by atoms with Crippen molar-refractivity contribution in [3.63, 3.8) is 0 Å². The van der Waals surface area contributed by atoms with Gasteiger partial charge in [0.15, 0.2) is 6.10 Å². The number of carbonyl (C=O) groups is 1. The number of likely N-dealkylation sites (N-methyl/N-ethyl adjacent to an activating group) is 1. The standard InChI is InChI=1S/C12H16N2O2S/c1-8(12(15)14(2)3)16-10-7-5-4-6-9(10)11(13)17/h4-8H,1-3H3,(H2,13,17). The topological polar surface area (TPSA) is 55.6 Å². The fourth-order valence-electron chi connectivity index (χ4n) is 1.38. The van der Waals surface area contributed by atoms with Crippen LogP contribution in [0.2, 0.25) is 0 Å². The molecule has 1 rings (SSSR count). The molecule has 0 saturated carbocycles. The van der Waals surface area contributed by atoms with Crippen LogP contribution >= 0.6 is 12.2 Å². The highest BCUT2D eigenvalue weighted by Gasteiger charge is 2.18. The Morgan fingerprint density at radius 2 is 2.00 bits per heavy atom. The van der Waals surface area contributed by atoms with Crippen LogP contribution in [0, 0.1) is 0 Å². The maximum Gasteiger partial charge on any atom is 0.262 e. The second-order valence-corrected chi connectivity index (χ2v) is 4.29. The fourth-order valence-corrected chi connectivity index (χ4v) is 1.55. The van der Waals surface area contributed by atoms with Gasteiger partial charge in [-0.05, 0) is 19.1 Å². The number of hydrogen-bond acceptors (Lipinski definition) is 3. The molecule has 5 heteroatoms. The van der Waals surface area contributed by atoms with Gasteiger partial charge < -0.3 is 15.4 Å². The molecule has 1 unspecified atom stereocenters. The molecule has 0 bridgehead atoms. The lowest BCUT2D eigenvalue weighted by Gasteiger charge is -2.19. The number of amides is 1. The summed E-state index contributed by atoms with van der Waals surface area (Å²) < 4.78 is 5.57. The molecule has 0 radical (unpaired) electrons. The molecule has 0 aromatic heterocycles. The summed E-state index contributed by atoms with van der Waals surface area (Å²) in [6, 6.07) is 7.14. The van der Waals surface area contributed by atoms with Crippen molar-refractivity contribution in [2.45, 2.75) is 13.0 Å². The van der Waals surface area contributed by atoms with Crippen LogP contribution in [-0.4, -0.2) is 36.0 Å². The lowest BCUT2D eigenvalue weighted by atomic mass is 10.2. The van der Waals surface area contributed by atoms with Crippen LogP contribution in [-0.2, 0) is 4.79 Å². The molecule has 0 fully saturated rings. The third kappa shape index (κ3) is 3.42. The van der Waals surface area contributed by atoms with E-state index in [0.29, 0.717) is 11.3 Å². The van der Waals surface area contributed by atoms with Gasteiger partial charge >= 0.3 is 0 Å². The van der Waals surface area contributed by atoms with E-state index in [0.717, 1.165) is 0 Å². The number of benzene rings is 1. The zero-order chi connectivity index (χ0) is 13.0. The quantitative estimate of drug-likeness (QED) is 0.817. The third-order valence-electron chi connectivity index (χ3n) is 2.24. The zero-order valence-electron chi connectivity index (χ0n) is 10.1. The van der Waals surface area contributed by atoms with Crippen molar-refractivity contribution in [1.29, 1.82) is 0 Å². The van der Waals surface area contributed by atoms with E-state index < -0.39 is 6.10 Å². The first-order chi connectivity index (χ1) is 7.93. The summed E-state index contributed by atoms with van der Waals surface area (Å²) in [5.41, 5.74) is 6.22. The SMILES string of the molecule is CC(Oc1ccccc1C(N)=S)C(=O)N(C)C. The highest BCUT2D eigenvalue weighted by atomic mass is 32.1. The summed E-state index contributed by atoms with van der Waals surface area (Å²) in [7, 11) is 3.36. The molecule has 1 aromatic carbocycles. The number of para-hydroxylation sites is 1. The third-order valence-corrected chi connectivity index (χ3v) is 2.46. The number of hydrogen-bond donors (Lipinski definition) is 1. The zero-order valence-corrected chi connectivity index (χ0v) is 11.0. The number of carbonyl (C=O) groups excluding carboxylic acids is 1. The van der Waals surface area contributed by atoms with Gasteiger partial charge in [0, 0.05) is 14.1 Å². The Hall–Kier alpha value is -1.62. The second kappa shape index (κ2) is 5.63. The van der Waals surface area contributed by atoms with E-state index in [2.05, 4.69) is 0 Å². The van der Waals surface area contributed by atoms with E-state index in [4.69, 9.17) is 22.7 Å². The Labute approximate surface area is 106 Å². The Morgan fingerprint density at radius 3 is 2.53 bits per heavy atom. The fraction of sp³-hybridized carbons (Fsp3) is 0.333. The molecule has 92 valence electrons. The molecule has 4 nitrogen and oxygen atoms in total. The molecule has 2 N–H and O–H groups in total. The summed E-state index contributed by atoms with van der Waals surface area (Å²) in [6.45, 7) is 1.69. The number of thiocarbonyl (C=S) groups is 1. The van der Waals surface area contributed by atoms with Crippen molar-refractivity contribution in [3.8, 4) is 5.75 Å². The normalized spacial score (nSPS) is 11.7. The summed E-state index contributed by atoms with van der Waals surface area (Å²) in [6.07, 6.45) is -0.569. The van der Waals surface area contributed by atoms with Gasteiger partial charge in [-0.1, -0.05) is 24.4 Å². The number of nitrogens with zero attached hydrogens (tertiary/aromatic N) is 1. The monoisotopic (exact) mass is 252 g/mol. The molecule has 0 heterocycles. The molecule has 1 amide bonds. The molecule has 0 saturated heterocycles. The lowest BCUT2D eigenvalue weighted by molar-refractivity contribution is -0.135. The molecule has 1 aromatic rings. The summed E-state index contributed by atoms with van der Waals surface area (Å²) >= 11 is 4.92. The van der Waals surface area contributed by atoms with E-state index >= 15 is 0 Å². The van der Waals surface area contributed by atoms with Crippen molar-refractivity contribution < 1.29 is 9.53 Å². The Kier molecular flexibility index (Phi) is 4.45. The minimum Gasteiger partial charge on any atom is -0.480 e. The van der Waals surface area contributed by atoms with Crippen molar-refractivity contribution in [3.05, 3.63) is 29.8 Å². The first kappa shape index (κ1) is 13.4. The molecule has 0 spiro atoms. The van der Waals surface area contributed by atoms with Crippen LogP contribution in [0.15, 0.2) is 24.3 Å². The largest absolute Gasteiger partial charge is 0.480 e. The molecule has 0 aliphatic carbocycles. The molecular weight excluding hydrogens is 236 g/mol. The van der Waals surface area contributed by atoms with E-state index in [1.807, 2.05) is 12.1 Å². The summed E-state index contributed by atoms with van der Waals surface area (Å²) in [4.78, 5) is 13.4. The Morgan fingerprint density at radius 1 is 1.41 bits per heavy atom. The molecule has 17 heavy (non-hydrogen) atoms. The van der Waals surface area contributed by atoms with Gasteiger partial charge in [0.25, 0.3) is 5.91 Å². The predicted octanol–water partition coefficient (Wildman–Crippen LogP) is 1.18. The number of nitrogens with two attached hydrogens (primary N) is 1. The van der Waals surface area contributed by atoms with E-state index in [1.165, 1.54) is 4.90 Å². The van der Waals surface area contributed by atoms with Crippen molar-refractivity contribution in [1.82, 2.24) is 4.90 Å². The average Bonchev–Trinajstić information content (AvgIpc) is 2.28. The maximum atomic E-state index is 11.7. The summed E-state index contributed by atoms with van der Waals surface area (Å²) in [5, 5.41) is 0. The highest BCUT2D eigenvalue weighted by Crippen LogP contribution is 2.19. The van der Waals surface area contributed by atoms with Gasteiger partial charge in [0.2, 0.25) is 0 Å². The van der Waals surface area contributed by atoms with Crippen LogP contribution in [0.1, 0.15) is 12.5 Å². The van der Waals surface area contributed by atoms with Gasteiger partial charge in [-0.2, -0.15) is 0 Å². The highest BCUT2D eigenvalue weighted by molar-refractivity contribution is 7.80. The van der Waals surface area contributed by atoms with E-state index in [9.17, 15) is 4.79 Å². The molecule has 0 aliphatic heterocycles. The predicted molar refractivity (Wildman–Crippen MR) is 71.1 cm³/mol. The lowest BCUT2D eigenvalue weighted by Crippen LogP contribution is -2.35. The first-order valence-corrected chi connectivity index (χ1v) is 5.61. The summed E-state index contributed by atoms with van der Waals surface area (Å²) in [5.74, 6) is 0.422. The number of ether oxygens (including phenoxy) is 1. The minimum absolute atomic E-state index is 0.109. The van der Waals surface area contributed by atoms with Crippen molar-refractivity contribution in [2.75, 3.05) is 14.1 Å². The maximum absolute atomic E-state index is 11.7. The first-order valence-electron chi connectivity index (χ1n) is 5.20. The van der Waals surface area contributed by atoms with Crippen LogP contribution < -0.4 is 10.5 Å². The smallest absolute Gasteiger partial charge is 0.262 e. The van der Waals surface area contributed by atoms with Gasteiger partial charge in [0.1, 0.15) is 10.7 Å². The minimum atomic E-state index is -0.569. The Balaban J connectivity index is 2.88. The molecule has 1 atom stereocenters. The van der Waals surface area contributed by atoms with E-state index in [-0.39, 0.29) is 10.9 Å².